The first-order chi connectivity index (χ1) is 13.9. The van der Waals surface area contributed by atoms with E-state index in [4.69, 9.17) is 14.2 Å². The van der Waals surface area contributed by atoms with Crippen LogP contribution in [0.4, 0.5) is 5.69 Å². The van der Waals surface area contributed by atoms with Gasteiger partial charge in [0, 0.05) is 6.07 Å². The number of anilines is 1. The van der Waals surface area contributed by atoms with E-state index in [0.717, 1.165) is 11.3 Å². The van der Waals surface area contributed by atoms with Crippen LogP contribution in [-0.4, -0.2) is 42.8 Å². The number of thiophene rings is 1. The Kier molecular flexibility index (Phi) is 5.83. The van der Waals surface area contributed by atoms with Crippen LogP contribution in [0, 0.1) is 6.92 Å². The van der Waals surface area contributed by atoms with E-state index in [-0.39, 0.29) is 6.54 Å². The second-order valence-electron chi connectivity index (χ2n) is 6.02. The van der Waals surface area contributed by atoms with Gasteiger partial charge in [0.05, 0.1) is 38.7 Å². The molecular weight excluding hydrogens is 398 g/mol. The summed E-state index contributed by atoms with van der Waals surface area (Å²) in [5.74, 6) is 0.0299. The fraction of sp³-hybridized carbons (Fsp3) is 0.263. The van der Waals surface area contributed by atoms with Gasteiger partial charge < -0.3 is 19.5 Å². The molecule has 0 spiro atoms. The van der Waals surface area contributed by atoms with Crippen molar-refractivity contribution in [1.29, 1.82) is 0 Å². The Hall–Kier alpha value is -3.40. The average molecular weight is 417 g/mol. The number of nitrogens with one attached hydrogen (secondary N) is 1. The molecule has 2 aromatic heterocycles. The van der Waals surface area contributed by atoms with E-state index in [1.165, 1.54) is 32.2 Å². The summed E-state index contributed by atoms with van der Waals surface area (Å²) in [4.78, 5) is 42.2. The number of aryl methyl sites for hydroxylation is 1. The minimum Gasteiger partial charge on any atom is -0.497 e. The highest BCUT2D eigenvalue weighted by Gasteiger charge is 2.20. The molecule has 1 N–H and O–H groups in total. The van der Waals surface area contributed by atoms with Crippen molar-refractivity contribution < 1.29 is 23.8 Å². The van der Waals surface area contributed by atoms with Crippen LogP contribution >= 0.6 is 11.3 Å². The second kappa shape index (κ2) is 8.31. The van der Waals surface area contributed by atoms with E-state index in [1.54, 1.807) is 25.1 Å². The lowest BCUT2D eigenvalue weighted by Gasteiger charge is -2.12. The fourth-order valence-electron chi connectivity index (χ4n) is 2.82. The molecule has 152 valence electrons. The molecule has 1 amide bonds. The molecule has 0 fully saturated rings. The summed E-state index contributed by atoms with van der Waals surface area (Å²) in [5, 5.41) is 3.00. The third-order valence-electron chi connectivity index (χ3n) is 4.28. The van der Waals surface area contributed by atoms with Gasteiger partial charge in [0.15, 0.2) is 0 Å². The zero-order valence-corrected chi connectivity index (χ0v) is 17.1. The number of hydrogen-bond acceptors (Lipinski definition) is 8. The third kappa shape index (κ3) is 3.92. The molecule has 0 saturated carbocycles. The van der Waals surface area contributed by atoms with Gasteiger partial charge in [-0.05, 0) is 24.6 Å². The number of methoxy groups -OCH3 is 3. The van der Waals surface area contributed by atoms with E-state index in [9.17, 15) is 14.4 Å². The molecule has 1 aromatic carbocycles. The van der Waals surface area contributed by atoms with Gasteiger partial charge in [-0.1, -0.05) is 0 Å². The van der Waals surface area contributed by atoms with Gasteiger partial charge in [-0.2, -0.15) is 0 Å². The van der Waals surface area contributed by atoms with Crippen molar-refractivity contribution in [3.8, 4) is 11.5 Å². The van der Waals surface area contributed by atoms with Crippen molar-refractivity contribution >= 4 is 39.1 Å². The molecule has 10 heteroatoms. The highest BCUT2D eigenvalue weighted by atomic mass is 32.1. The summed E-state index contributed by atoms with van der Waals surface area (Å²) < 4.78 is 16.3. The van der Waals surface area contributed by atoms with Crippen LogP contribution in [0.1, 0.15) is 15.2 Å². The van der Waals surface area contributed by atoms with Crippen LogP contribution in [-0.2, 0) is 16.1 Å². The molecule has 0 aliphatic rings. The van der Waals surface area contributed by atoms with E-state index >= 15 is 0 Å². The number of nitrogens with zero attached hydrogens (tertiary/aromatic N) is 2. The second-order valence-corrected chi connectivity index (χ2v) is 7.02. The van der Waals surface area contributed by atoms with Crippen LogP contribution in [0.3, 0.4) is 0 Å². The van der Waals surface area contributed by atoms with Gasteiger partial charge in [-0.15, -0.1) is 11.3 Å². The van der Waals surface area contributed by atoms with Crippen molar-refractivity contribution in [2.75, 3.05) is 26.6 Å². The van der Waals surface area contributed by atoms with Gasteiger partial charge >= 0.3 is 5.97 Å². The average Bonchev–Trinajstić information content (AvgIpc) is 3.06. The van der Waals surface area contributed by atoms with Gasteiger partial charge in [-0.3, -0.25) is 14.2 Å². The molecule has 0 bridgehead atoms. The van der Waals surface area contributed by atoms with E-state index < -0.39 is 17.4 Å². The number of aromatic nitrogens is 2. The van der Waals surface area contributed by atoms with E-state index in [1.807, 2.05) is 0 Å². The molecule has 29 heavy (non-hydrogen) atoms. The maximum absolute atomic E-state index is 12.8. The molecule has 3 aromatic rings. The van der Waals surface area contributed by atoms with Crippen molar-refractivity contribution in [1.82, 2.24) is 9.55 Å². The summed E-state index contributed by atoms with van der Waals surface area (Å²) in [5.41, 5.74) is 0.490. The number of esters is 1. The Bertz CT molecular complexity index is 1150. The monoisotopic (exact) mass is 417 g/mol. The van der Waals surface area contributed by atoms with Gasteiger partial charge in [0.1, 0.15) is 27.8 Å². The van der Waals surface area contributed by atoms with Crippen LogP contribution < -0.4 is 20.3 Å². The molecule has 0 saturated heterocycles. The summed E-state index contributed by atoms with van der Waals surface area (Å²) in [7, 11) is 4.27. The van der Waals surface area contributed by atoms with Gasteiger partial charge in [0.2, 0.25) is 5.91 Å². The minimum atomic E-state index is -0.528. The number of fused-ring (bicyclic) bond motifs is 1. The molecule has 0 unspecified atom stereocenters. The van der Waals surface area contributed by atoms with Crippen molar-refractivity contribution in [2.24, 2.45) is 0 Å². The lowest BCUT2D eigenvalue weighted by Crippen LogP contribution is -2.28. The highest BCUT2D eigenvalue weighted by Crippen LogP contribution is 2.29. The summed E-state index contributed by atoms with van der Waals surface area (Å²) in [6.07, 6.45) is 1.28. The van der Waals surface area contributed by atoms with Crippen LogP contribution in [0.5, 0.6) is 11.5 Å². The summed E-state index contributed by atoms with van der Waals surface area (Å²) in [6, 6.07) is 4.99. The molecule has 0 aliphatic heterocycles. The first kappa shape index (κ1) is 20.3. The highest BCUT2D eigenvalue weighted by molar-refractivity contribution is 7.20. The number of ether oxygens (including phenoxy) is 3. The smallest absolute Gasteiger partial charge is 0.348 e. The zero-order chi connectivity index (χ0) is 21.1. The lowest BCUT2D eigenvalue weighted by molar-refractivity contribution is -0.116. The molecule has 0 radical (unpaired) electrons. The number of amides is 1. The molecule has 2 heterocycles. The van der Waals surface area contributed by atoms with Crippen LogP contribution in [0.25, 0.3) is 10.2 Å². The topological polar surface area (TPSA) is 109 Å². The van der Waals surface area contributed by atoms with E-state index in [2.05, 4.69) is 10.3 Å². The number of carbonyl (C=O) groups is 2. The first-order valence-corrected chi connectivity index (χ1v) is 9.30. The molecule has 3 rings (SSSR count). The SMILES string of the molecule is COC(=O)c1sc2ncn(CC(=O)Nc3cc(OC)ccc3OC)c(=O)c2c1C. The standard InChI is InChI=1S/C19H19N3O6S/c1-10-15-17(29-16(10)19(25)28-4)20-9-22(18(15)24)8-14(23)21-12-7-11(26-2)5-6-13(12)27-3/h5-7,9H,8H2,1-4H3,(H,21,23). The Morgan fingerprint density at radius 2 is 1.97 bits per heavy atom. The maximum Gasteiger partial charge on any atom is 0.348 e. The normalized spacial score (nSPS) is 10.6. The Morgan fingerprint density at radius 1 is 1.21 bits per heavy atom. The zero-order valence-electron chi connectivity index (χ0n) is 16.3. The number of hydrogen-bond donors (Lipinski definition) is 1. The summed E-state index contributed by atoms with van der Waals surface area (Å²) >= 11 is 1.08. The lowest BCUT2D eigenvalue weighted by atomic mass is 10.2. The summed E-state index contributed by atoms with van der Waals surface area (Å²) in [6.45, 7) is 1.39. The van der Waals surface area contributed by atoms with Gasteiger partial charge in [0.25, 0.3) is 5.56 Å². The largest absolute Gasteiger partial charge is 0.497 e. The third-order valence-corrected chi connectivity index (χ3v) is 5.46. The van der Waals surface area contributed by atoms with Crippen LogP contribution in [0.15, 0.2) is 29.3 Å². The first-order valence-electron chi connectivity index (χ1n) is 8.48. The minimum absolute atomic E-state index is 0.259. The maximum atomic E-state index is 12.8. The van der Waals surface area contributed by atoms with Crippen molar-refractivity contribution in [3.63, 3.8) is 0 Å². The number of benzene rings is 1. The fourth-order valence-corrected chi connectivity index (χ4v) is 3.87. The molecule has 0 aliphatic carbocycles. The number of rotatable bonds is 6. The Labute approximate surface area is 169 Å². The molecular formula is C19H19N3O6S. The number of carbonyl (C=O) groups excluding carboxylic acids is 2. The van der Waals surface area contributed by atoms with Crippen LogP contribution in [0.2, 0.25) is 0 Å². The molecule has 9 nitrogen and oxygen atoms in total. The molecule has 0 atom stereocenters. The van der Waals surface area contributed by atoms with E-state index in [0.29, 0.717) is 37.8 Å². The van der Waals surface area contributed by atoms with Crippen molar-refractivity contribution in [2.45, 2.75) is 13.5 Å². The predicted octanol–water partition coefficient (Wildman–Crippen LogP) is 2.21. The van der Waals surface area contributed by atoms with Crippen molar-refractivity contribution in [3.05, 3.63) is 45.3 Å². The quantitative estimate of drug-likeness (QED) is 0.613. The Morgan fingerprint density at radius 3 is 2.62 bits per heavy atom. The predicted molar refractivity (Wildman–Crippen MR) is 108 cm³/mol. The van der Waals surface area contributed by atoms with Gasteiger partial charge in [-0.25, -0.2) is 9.78 Å². The Balaban J connectivity index is 1.90.